The molecule has 0 fully saturated rings. The van der Waals surface area contributed by atoms with Crippen molar-refractivity contribution in [1.82, 2.24) is 0 Å². The molecule has 0 heterocycles. The number of phosphoric acid groups is 1. The minimum atomic E-state index is -4.72. The van der Waals surface area contributed by atoms with E-state index >= 15 is 0 Å². The largest absolute Gasteiger partial charge is 0.480 e. The van der Waals surface area contributed by atoms with Crippen molar-refractivity contribution in [3.05, 3.63) is 36.5 Å². The predicted molar refractivity (Wildman–Crippen MR) is 222 cm³/mol. The Morgan fingerprint density at radius 3 is 1.49 bits per heavy atom. The van der Waals surface area contributed by atoms with Gasteiger partial charge in [0.05, 0.1) is 13.2 Å². The minimum Gasteiger partial charge on any atom is -0.480 e. The van der Waals surface area contributed by atoms with Crippen molar-refractivity contribution in [1.29, 1.82) is 0 Å². The molecule has 11 nitrogen and oxygen atoms in total. The highest BCUT2D eigenvalue weighted by Gasteiger charge is 2.28. The van der Waals surface area contributed by atoms with E-state index in [2.05, 4.69) is 54.8 Å². The van der Waals surface area contributed by atoms with E-state index in [0.29, 0.717) is 12.8 Å². The second-order valence-electron chi connectivity index (χ2n) is 14.5. The van der Waals surface area contributed by atoms with E-state index in [1.807, 2.05) is 0 Å². The normalized spacial score (nSPS) is 14.1. The number of unbranched alkanes of at least 4 members (excludes halogenated alkanes) is 20. The first-order valence-electron chi connectivity index (χ1n) is 21.5. The van der Waals surface area contributed by atoms with Crippen LogP contribution in [0.15, 0.2) is 36.5 Å². The van der Waals surface area contributed by atoms with E-state index in [4.69, 9.17) is 24.8 Å². The van der Waals surface area contributed by atoms with Crippen molar-refractivity contribution >= 4 is 25.7 Å². The number of carboxylic acids is 1. The van der Waals surface area contributed by atoms with Crippen LogP contribution in [0.5, 0.6) is 0 Å². The number of hydrogen-bond donors (Lipinski definition) is 3. The summed E-state index contributed by atoms with van der Waals surface area (Å²) in [6.45, 7) is 2.73. The van der Waals surface area contributed by atoms with E-state index in [0.717, 1.165) is 64.2 Å². The van der Waals surface area contributed by atoms with Crippen LogP contribution in [0.4, 0.5) is 0 Å². The van der Waals surface area contributed by atoms with Gasteiger partial charge in [-0.05, 0) is 64.2 Å². The third-order valence-corrected chi connectivity index (χ3v) is 10.1. The minimum absolute atomic E-state index is 0.156. The van der Waals surface area contributed by atoms with Gasteiger partial charge < -0.3 is 25.2 Å². The highest BCUT2D eigenvalue weighted by molar-refractivity contribution is 7.47. The van der Waals surface area contributed by atoms with Gasteiger partial charge in [0.1, 0.15) is 12.6 Å². The standard InChI is InChI=1S/C43H78NO10P/c1-3-5-7-9-11-13-15-17-19-20-21-23-25-27-29-31-33-35-42(46)54-39(37-52-55(49,50)53-38-40(44)43(47)48)36-51-41(45)34-32-30-28-26-24-22-18-16-14-12-10-8-6-4-2/h10,12-13,15-16,18,39-40H,3-9,11,14,17,19-38,44H2,1-2H3,(H,47,48)(H,49,50)/b12-10+,15-13+,18-16+/t39-,40+/m1/s1. The Morgan fingerprint density at radius 1 is 0.564 bits per heavy atom. The number of aliphatic carboxylic acids is 1. The van der Waals surface area contributed by atoms with Gasteiger partial charge in [-0.25, -0.2) is 4.57 Å². The molecule has 0 aliphatic rings. The molecular weight excluding hydrogens is 721 g/mol. The third kappa shape index (κ3) is 38.4. The molecule has 55 heavy (non-hydrogen) atoms. The van der Waals surface area contributed by atoms with Crippen LogP contribution in [0.25, 0.3) is 0 Å². The molecule has 3 atom stereocenters. The van der Waals surface area contributed by atoms with Crippen LogP contribution >= 0.6 is 7.82 Å². The highest BCUT2D eigenvalue weighted by atomic mass is 31.2. The molecule has 4 N–H and O–H groups in total. The summed E-state index contributed by atoms with van der Waals surface area (Å²) < 4.78 is 32.7. The van der Waals surface area contributed by atoms with Crippen LogP contribution in [0.2, 0.25) is 0 Å². The Hall–Kier alpha value is -2.30. The van der Waals surface area contributed by atoms with Crippen molar-refractivity contribution in [2.75, 3.05) is 19.8 Å². The number of allylic oxidation sites excluding steroid dienone is 6. The van der Waals surface area contributed by atoms with Gasteiger partial charge in [-0.15, -0.1) is 0 Å². The molecule has 0 amide bonds. The van der Waals surface area contributed by atoms with Gasteiger partial charge in [0.2, 0.25) is 0 Å². The summed E-state index contributed by atoms with van der Waals surface area (Å²) in [6, 6.07) is -1.52. The molecular formula is C43H78NO10P. The molecule has 0 spiro atoms. The number of rotatable bonds is 40. The van der Waals surface area contributed by atoms with Crippen LogP contribution in [0, 0.1) is 0 Å². The van der Waals surface area contributed by atoms with Crippen LogP contribution in [0.3, 0.4) is 0 Å². The predicted octanol–water partition coefficient (Wildman–Crippen LogP) is 11.2. The lowest BCUT2D eigenvalue weighted by Crippen LogP contribution is -2.34. The lowest BCUT2D eigenvalue weighted by molar-refractivity contribution is -0.161. The highest BCUT2D eigenvalue weighted by Crippen LogP contribution is 2.43. The van der Waals surface area contributed by atoms with Crippen LogP contribution < -0.4 is 5.73 Å². The monoisotopic (exact) mass is 800 g/mol. The average molecular weight is 800 g/mol. The van der Waals surface area contributed by atoms with Gasteiger partial charge in [-0.3, -0.25) is 23.4 Å². The Bertz CT molecular complexity index is 1080. The number of carbonyl (C=O) groups is 3. The lowest BCUT2D eigenvalue weighted by atomic mass is 10.1. The summed E-state index contributed by atoms with van der Waals surface area (Å²) in [5.74, 6) is -2.40. The molecule has 0 aromatic carbocycles. The molecule has 0 saturated carbocycles. The number of carboxylic acid groups (broad SMARTS) is 1. The van der Waals surface area contributed by atoms with Crippen molar-refractivity contribution < 1.29 is 47.5 Å². The maximum Gasteiger partial charge on any atom is 0.472 e. The smallest absolute Gasteiger partial charge is 0.472 e. The van der Waals surface area contributed by atoms with Crippen molar-refractivity contribution in [2.24, 2.45) is 5.73 Å². The van der Waals surface area contributed by atoms with Crippen LogP contribution in [0.1, 0.15) is 187 Å². The Labute approximate surface area is 333 Å². The zero-order valence-electron chi connectivity index (χ0n) is 34.5. The summed E-state index contributed by atoms with van der Waals surface area (Å²) in [5, 5.41) is 8.88. The molecule has 0 aliphatic heterocycles. The quantitative estimate of drug-likeness (QED) is 0.0233. The zero-order chi connectivity index (χ0) is 40.7. The Morgan fingerprint density at radius 2 is 0.982 bits per heavy atom. The van der Waals surface area contributed by atoms with Gasteiger partial charge in [0, 0.05) is 12.8 Å². The van der Waals surface area contributed by atoms with E-state index in [1.54, 1.807) is 0 Å². The number of esters is 2. The number of phosphoric ester groups is 1. The first-order chi connectivity index (χ1) is 26.6. The molecule has 1 unspecified atom stereocenters. The number of carbonyl (C=O) groups excluding carboxylic acids is 2. The first kappa shape index (κ1) is 52.7. The molecule has 12 heteroatoms. The van der Waals surface area contributed by atoms with Gasteiger partial charge in [-0.1, -0.05) is 147 Å². The molecule has 320 valence electrons. The summed E-state index contributed by atoms with van der Waals surface area (Å²) >= 11 is 0. The molecule has 0 radical (unpaired) electrons. The molecule has 0 aromatic heterocycles. The summed E-state index contributed by atoms with van der Waals surface area (Å²) in [4.78, 5) is 45.9. The van der Waals surface area contributed by atoms with Crippen LogP contribution in [-0.2, 0) is 37.5 Å². The van der Waals surface area contributed by atoms with Crippen molar-refractivity contribution in [3.63, 3.8) is 0 Å². The number of nitrogens with two attached hydrogens (primary N) is 1. The van der Waals surface area contributed by atoms with Crippen molar-refractivity contribution in [3.8, 4) is 0 Å². The lowest BCUT2D eigenvalue weighted by Gasteiger charge is -2.20. The Kier molecular flexibility index (Phi) is 37.0. The maximum absolute atomic E-state index is 12.6. The second-order valence-corrected chi connectivity index (χ2v) is 15.9. The van der Waals surface area contributed by atoms with E-state index < -0.39 is 51.1 Å². The van der Waals surface area contributed by atoms with Gasteiger partial charge in [0.25, 0.3) is 0 Å². The number of hydrogen-bond acceptors (Lipinski definition) is 9. The average Bonchev–Trinajstić information content (AvgIpc) is 3.16. The van der Waals surface area contributed by atoms with Gasteiger partial charge in [0.15, 0.2) is 6.10 Å². The molecule has 0 aromatic rings. The second kappa shape index (κ2) is 38.6. The maximum atomic E-state index is 12.6. The molecule has 0 rings (SSSR count). The first-order valence-corrected chi connectivity index (χ1v) is 23.0. The van der Waals surface area contributed by atoms with E-state index in [-0.39, 0.29) is 19.4 Å². The molecule has 0 saturated heterocycles. The van der Waals surface area contributed by atoms with Crippen LogP contribution in [-0.4, -0.2) is 59.9 Å². The van der Waals surface area contributed by atoms with E-state index in [9.17, 15) is 23.8 Å². The summed E-state index contributed by atoms with van der Waals surface area (Å²) in [5.41, 5.74) is 5.33. The van der Waals surface area contributed by atoms with Gasteiger partial charge >= 0.3 is 25.7 Å². The van der Waals surface area contributed by atoms with E-state index in [1.165, 1.54) is 83.5 Å². The number of ether oxygens (including phenoxy) is 2. The fourth-order valence-corrected chi connectivity index (χ4v) is 6.44. The fraction of sp³-hybridized carbons (Fsp3) is 0.791. The third-order valence-electron chi connectivity index (χ3n) is 9.11. The zero-order valence-corrected chi connectivity index (χ0v) is 35.4. The SMILES string of the molecule is CCCC/C=C/C/C=C/CCCCCCCC(=O)OC[C@H](COP(=O)(O)OC[C@H](N)C(=O)O)OC(=O)CCCCCCCCCCC/C=C/CCCCCC. The summed E-state index contributed by atoms with van der Waals surface area (Å²) in [7, 11) is -4.72. The van der Waals surface area contributed by atoms with Crippen molar-refractivity contribution in [2.45, 2.75) is 199 Å². The molecule has 0 aliphatic carbocycles. The Balaban J connectivity index is 4.38. The fourth-order valence-electron chi connectivity index (χ4n) is 5.66. The van der Waals surface area contributed by atoms with Gasteiger partial charge in [-0.2, -0.15) is 0 Å². The summed E-state index contributed by atoms with van der Waals surface area (Å²) in [6.07, 6.45) is 40.6. The molecule has 0 bridgehead atoms. The topological polar surface area (TPSA) is 172 Å².